The number of rotatable bonds is 3. The summed E-state index contributed by atoms with van der Waals surface area (Å²) in [5.74, 6) is 0.714. The molecule has 0 amide bonds. The van der Waals surface area contributed by atoms with Crippen LogP contribution in [0.25, 0.3) is 0 Å². The lowest BCUT2D eigenvalue weighted by atomic mass is 9.92. The van der Waals surface area contributed by atoms with E-state index < -0.39 is 0 Å². The molecule has 2 unspecified atom stereocenters. The normalized spacial score (nSPS) is 22.8. The van der Waals surface area contributed by atoms with Gasteiger partial charge in [0.2, 0.25) is 0 Å². The summed E-state index contributed by atoms with van der Waals surface area (Å²) >= 11 is 9.52. The predicted molar refractivity (Wildman–Crippen MR) is 82.5 cm³/mol. The van der Waals surface area contributed by atoms with Crippen LogP contribution in [0.3, 0.4) is 0 Å². The molecular formula is C14H20BrClN2. The van der Waals surface area contributed by atoms with Crippen LogP contribution in [0.15, 0.2) is 22.7 Å². The Hall–Kier alpha value is -0.250. The molecule has 1 aliphatic heterocycles. The van der Waals surface area contributed by atoms with Gasteiger partial charge in [0.05, 0.1) is 5.02 Å². The van der Waals surface area contributed by atoms with Crippen LogP contribution in [0.1, 0.15) is 19.8 Å². The highest BCUT2D eigenvalue weighted by Gasteiger charge is 2.22. The third-order valence-electron chi connectivity index (χ3n) is 3.68. The van der Waals surface area contributed by atoms with Gasteiger partial charge < -0.3 is 10.2 Å². The van der Waals surface area contributed by atoms with Gasteiger partial charge in [-0.1, -0.05) is 11.6 Å². The Morgan fingerprint density at radius 2 is 2.28 bits per heavy atom. The highest BCUT2D eigenvalue weighted by Crippen LogP contribution is 2.27. The largest absolute Gasteiger partial charge is 0.382 e. The average molecular weight is 332 g/mol. The fourth-order valence-electron chi connectivity index (χ4n) is 2.58. The van der Waals surface area contributed by atoms with E-state index in [4.69, 9.17) is 11.6 Å². The van der Waals surface area contributed by atoms with Crippen molar-refractivity contribution in [2.24, 2.45) is 5.92 Å². The molecule has 0 bridgehead atoms. The standard InChI is InChI=1S/C14H20BrClN2/c1-10(11-4-3-7-18(2)9-11)17-12-5-6-13(15)14(16)8-12/h5-6,8,10-11,17H,3-4,7,9H2,1-2H3. The van der Waals surface area contributed by atoms with Crippen molar-refractivity contribution in [1.29, 1.82) is 0 Å². The Kier molecular flexibility index (Phi) is 4.93. The molecule has 1 fully saturated rings. The first-order valence-electron chi connectivity index (χ1n) is 6.46. The minimum atomic E-state index is 0.477. The zero-order chi connectivity index (χ0) is 13.1. The van der Waals surface area contributed by atoms with E-state index in [1.54, 1.807) is 0 Å². The summed E-state index contributed by atoms with van der Waals surface area (Å²) in [6, 6.07) is 6.52. The lowest BCUT2D eigenvalue weighted by Crippen LogP contribution is -2.39. The lowest BCUT2D eigenvalue weighted by Gasteiger charge is -2.34. The minimum absolute atomic E-state index is 0.477. The molecule has 1 N–H and O–H groups in total. The second-order valence-corrected chi connectivity index (χ2v) is 6.49. The molecule has 1 aromatic rings. The van der Waals surface area contributed by atoms with Gasteiger partial charge in [0.1, 0.15) is 0 Å². The Labute approximate surface area is 123 Å². The molecule has 18 heavy (non-hydrogen) atoms. The summed E-state index contributed by atoms with van der Waals surface area (Å²) in [6.45, 7) is 4.67. The monoisotopic (exact) mass is 330 g/mol. The van der Waals surface area contributed by atoms with Crippen LogP contribution < -0.4 is 5.32 Å². The third kappa shape index (κ3) is 3.62. The summed E-state index contributed by atoms with van der Waals surface area (Å²) in [6.07, 6.45) is 2.61. The number of nitrogens with zero attached hydrogens (tertiary/aromatic N) is 1. The first-order chi connectivity index (χ1) is 8.56. The van der Waals surface area contributed by atoms with Crippen molar-refractivity contribution in [1.82, 2.24) is 4.90 Å². The van der Waals surface area contributed by atoms with E-state index in [1.165, 1.54) is 25.9 Å². The van der Waals surface area contributed by atoms with Crippen molar-refractivity contribution >= 4 is 33.2 Å². The molecular weight excluding hydrogens is 312 g/mol. The maximum absolute atomic E-state index is 6.11. The number of halogens is 2. The van der Waals surface area contributed by atoms with Crippen LogP contribution in [-0.4, -0.2) is 31.1 Å². The van der Waals surface area contributed by atoms with Crippen LogP contribution in [-0.2, 0) is 0 Å². The average Bonchev–Trinajstić information content (AvgIpc) is 2.34. The van der Waals surface area contributed by atoms with Crippen molar-refractivity contribution in [2.75, 3.05) is 25.5 Å². The van der Waals surface area contributed by atoms with Gasteiger partial charge in [-0.05, 0) is 73.4 Å². The Balaban J connectivity index is 1.97. The van der Waals surface area contributed by atoms with Gasteiger partial charge in [-0.2, -0.15) is 0 Å². The molecule has 0 aromatic heterocycles. The summed E-state index contributed by atoms with van der Waals surface area (Å²) in [4.78, 5) is 2.42. The highest BCUT2D eigenvalue weighted by molar-refractivity contribution is 9.10. The van der Waals surface area contributed by atoms with Gasteiger partial charge >= 0.3 is 0 Å². The summed E-state index contributed by atoms with van der Waals surface area (Å²) in [5.41, 5.74) is 1.10. The van der Waals surface area contributed by atoms with Crippen LogP contribution in [0, 0.1) is 5.92 Å². The second kappa shape index (κ2) is 6.27. The number of likely N-dealkylation sites (tertiary alicyclic amines) is 1. The summed E-state index contributed by atoms with van der Waals surface area (Å²) in [7, 11) is 2.20. The smallest absolute Gasteiger partial charge is 0.0568 e. The van der Waals surface area contributed by atoms with Gasteiger partial charge in [-0.3, -0.25) is 0 Å². The van der Waals surface area contributed by atoms with Crippen molar-refractivity contribution in [3.05, 3.63) is 27.7 Å². The molecule has 2 rings (SSSR count). The number of anilines is 1. The highest BCUT2D eigenvalue weighted by atomic mass is 79.9. The van der Waals surface area contributed by atoms with Crippen LogP contribution in [0.2, 0.25) is 5.02 Å². The van der Waals surface area contributed by atoms with Crippen molar-refractivity contribution in [2.45, 2.75) is 25.8 Å². The van der Waals surface area contributed by atoms with Crippen LogP contribution >= 0.6 is 27.5 Å². The third-order valence-corrected chi connectivity index (χ3v) is 4.91. The maximum Gasteiger partial charge on any atom is 0.0568 e. The van der Waals surface area contributed by atoms with Crippen LogP contribution in [0.4, 0.5) is 5.69 Å². The van der Waals surface area contributed by atoms with Gasteiger partial charge in [-0.15, -0.1) is 0 Å². The van der Waals surface area contributed by atoms with Gasteiger partial charge in [0.25, 0.3) is 0 Å². The number of piperidine rings is 1. The zero-order valence-corrected chi connectivity index (χ0v) is 13.3. The molecule has 100 valence electrons. The van der Waals surface area contributed by atoms with Crippen molar-refractivity contribution < 1.29 is 0 Å². The molecule has 0 aliphatic carbocycles. The van der Waals surface area contributed by atoms with Crippen LogP contribution in [0.5, 0.6) is 0 Å². The summed E-state index contributed by atoms with van der Waals surface area (Å²) < 4.78 is 0.944. The fraction of sp³-hybridized carbons (Fsp3) is 0.571. The first kappa shape index (κ1) is 14.2. The molecule has 0 saturated carbocycles. The number of hydrogen-bond acceptors (Lipinski definition) is 2. The van der Waals surface area contributed by atoms with E-state index >= 15 is 0 Å². The summed E-state index contributed by atoms with van der Waals surface area (Å²) in [5, 5.41) is 4.33. The van der Waals surface area contributed by atoms with Crippen molar-refractivity contribution in [3.8, 4) is 0 Å². The number of hydrogen-bond donors (Lipinski definition) is 1. The fourth-order valence-corrected chi connectivity index (χ4v) is 3.01. The Morgan fingerprint density at radius 1 is 1.50 bits per heavy atom. The lowest BCUT2D eigenvalue weighted by molar-refractivity contribution is 0.197. The molecule has 1 aromatic carbocycles. The van der Waals surface area contributed by atoms with E-state index in [-0.39, 0.29) is 0 Å². The van der Waals surface area contributed by atoms with E-state index in [2.05, 4.69) is 46.2 Å². The molecule has 0 spiro atoms. The SMILES string of the molecule is CC(Nc1ccc(Br)c(Cl)c1)C1CCCN(C)C1. The zero-order valence-electron chi connectivity index (χ0n) is 10.9. The van der Waals surface area contributed by atoms with Gasteiger partial charge in [0, 0.05) is 22.7 Å². The molecule has 4 heteroatoms. The molecule has 2 atom stereocenters. The van der Waals surface area contributed by atoms with Gasteiger partial charge in [0.15, 0.2) is 0 Å². The Bertz CT molecular complexity index is 411. The molecule has 1 heterocycles. The molecule has 1 saturated heterocycles. The van der Waals surface area contributed by atoms with E-state index in [0.717, 1.165) is 15.2 Å². The molecule has 1 aliphatic rings. The second-order valence-electron chi connectivity index (χ2n) is 5.23. The topological polar surface area (TPSA) is 15.3 Å². The van der Waals surface area contributed by atoms with Crippen molar-refractivity contribution in [3.63, 3.8) is 0 Å². The quantitative estimate of drug-likeness (QED) is 0.891. The van der Waals surface area contributed by atoms with E-state index in [1.807, 2.05) is 12.1 Å². The van der Waals surface area contributed by atoms with E-state index in [0.29, 0.717) is 12.0 Å². The Morgan fingerprint density at radius 3 is 2.94 bits per heavy atom. The minimum Gasteiger partial charge on any atom is -0.382 e. The first-order valence-corrected chi connectivity index (χ1v) is 7.63. The van der Waals surface area contributed by atoms with E-state index in [9.17, 15) is 0 Å². The molecule has 0 radical (unpaired) electrons. The maximum atomic E-state index is 6.11. The van der Waals surface area contributed by atoms with Gasteiger partial charge in [-0.25, -0.2) is 0 Å². The number of nitrogens with one attached hydrogen (secondary N) is 1. The predicted octanol–water partition coefficient (Wildman–Crippen LogP) is 4.24. The number of benzene rings is 1. The molecule has 2 nitrogen and oxygen atoms in total.